The third-order valence-corrected chi connectivity index (χ3v) is 10.1. The fourth-order valence-electron chi connectivity index (χ4n) is 7.97. The average molecular weight is 519 g/mol. The van der Waals surface area contributed by atoms with Crippen LogP contribution in [0.15, 0.2) is 12.2 Å². The van der Waals surface area contributed by atoms with Crippen LogP contribution in [0.25, 0.3) is 0 Å². The van der Waals surface area contributed by atoms with Gasteiger partial charge >= 0.3 is 0 Å². The Kier molecular flexibility index (Phi) is 6.76. The zero-order chi connectivity index (χ0) is 25.3. The predicted molar refractivity (Wildman–Crippen MR) is 132 cm³/mol. The minimum absolute atomic E-state index is 0.0194. The molecule has 8 aliphatic rings. The normalized spacial score (nSPS) is 52.3. The lowest BCUT2D eigenvalue weighted by Gasteiger charge is -2.46. The monoisotopic (exact) mass is 518 g/mol. The highest BCUT2D eigenvalue weighted by Crippen LogP contribution is 2.49. The first-order valence-electron chi connectivity index (χ1n) is 14.7. The van der Waals surface area contributed by atoms with E-state index in [-0.39, 0.29) is 85.1 Å². The maximum Gasteiger partial charge on any atom is 0.161 e. The van der Waals surface area contributed by atoms with E-state index in [0.29, 0.717) is 25.4 Å². The van der Waals surface area contributed by atoms with Crippen molar-refractivity contribution in [1.29, 1.82) is 0 Å². The van der Waals surface area contributed by atoms with E-state index in [1.54, 1.807) is 0 Å². The molecule has 8 fully saturated rings. The zero-order valence-electron chi connectivity index (χ0n) is 22.1. The van der Waals surface area contributed by atoms with E-state index >= 15 is 0 Å². The molecule has 0 aromatic heterocycles. The number of rotatable bonds is 7. The van der Waals surface area contributed by atoms with Crippen LogP contribution >= 0.6 is 0 Å². The number of carbonyl (C=O) groups excluding carboxylic acids is 1. The molecule has 206 valence electrons. The van der Waals surface area contributed by atoms with Crippen molar-refractivity contribution in [1.82, 2.24) is 0 Å². The standard InChI is InChI=1S/C29H42O8/c1-4-18-9-14(2)15(3)21(32-18)12-22-16(7-8-31-22)10-17(30)11-19-5-6-20-25(33-19)28-29-27(34-20)26-23(35-29)13-24(36-26)37-28/h14,16,18-29H,3-13H2,1-2H3/t14?,16?,18?,19?,20-,21?,22-,23?,24?,25?,26-,27?,28?,29?/m0/s1. The minimum Gasteiger partial charge on any atom is -0.378 e. The molecule has 6 bridgehead atoms. The summed E-state index contributed by atoms with van der Waals surface area (Å²) in [5.74, 6) is 0.951. The molecule has 14 atom stereocenters. The summed E-state index contributed by atoms with van der Waals surface area (Å²) < 4.78 is 44.0. The Bertz CT molecular complexity index is 893. The highest BCUT2D eigenvalue weighted by molar-refractivity contribution is 5.79. The number of carbonyl (C=O) groups is 1. The van der Waals surface area contributed by atoms with Gasteiger partial charge in [0.1, 0.15) is 36.3 Å². The van der Waals surface area contributed by atoms with Crippen LogP contribution in [0.5, 0.6) is 0 Å². The SMILES string of the molecule is C=C1C(C)CC(CC)OC1C[C@@H]1OCCC1CC(=O)CC1CC[C@@H]2OC3C4OC5CC(OC4C2O1)O[C@@H]53. The maximum absolute atomic E-state index is 13.2. The minimum atomic E-state index is -0.234. The van der Waals surface area contributed by atoms with Crippen LogP contribution in [0.4, 0.5) is 0 Å². The molecule has 8 saturated heterocycles. The second kappa shape index (κ2) is 9.95. The van der Waals surface area contributed by atoms with E-state index in [1.165, 1.54) is 5.57 Å². The van der Waals surface area contributed by atoms with Gasteiger partial charge in [-0.1, -0.05) is 20.4 Å². The fourth-order valence-corrected chi connectivity index (χ4v) is 7.97. The molecule has 8 rings (SSSR count). The van der Waals surface area contributed by atoms with Crippen molar-refractivity contribution < 1.29 is 38.0 Å². The summed E-state index contributed by atoms with van der Waals surface area (Å²) in [6.07, 6.45) is 6.66. The topological polar surface area (TPSA) is 81.7 Å². The number of hydrogen-bond donors (Lipinski definition) is 0. The van der Waals surface area contributed by atoms with Crippen LogP contribution < -0.4 is 0 Å². The van der Waals surface area contributed by atoms with Crippen molar-refractivity contribution >= 4 is 5.78 Å². The molecule has 0 saturated carbocycles. The summed E-state index contributed by atoms with van der Waals surface area (Å²) in [7, 11) is 0. The Balaban J connectivity index is 0.944. The van der Waals surface area contributed by atoms with Crippen molar-refractivity contribution in [2.24, 2.45) is 11.8 Å². The summed E-state index contributed by atoms with van der Waals surface area (Å²) in [6.45, 7) is 9.47. The molecule has 0 radical (unpaired) electrons. The van der Waals surface area contributed by atoms with E-state index < -0.39 is 0 Å². The van der Waals surface area contributed by atoms with E-state index in [1.807, 2.05) is 0 Å². The van der Waals surface area contributed by atoms with Crippen LogP contribution in [-0.2, 0) is 38.0 Å². The van der Waals surface area contributed by atoms with Gasteiger partial charge in [0.25, 0.3) is 0 Å². The number of Topliss-reactive ketones (excluding diaryl/α,β-unsaturated/α-hetero) is 1. The molecular formula is C29H42O8. The van der Waals surface area contributed by atoms with Crippen LogP contribution in [0, 0.1) is 11.8 Å². The summed E-state index contributed by atoms with van der Waals surface area (Å²) in [4.78, 5) is 13.2. The molecule has 8 nitrogen and oxygen atoms in total. The van der Waals surface area contributed by atoms with Crippen molar-refractivity contribution in [2.75, 3.05) is 6.61 Å². The molecule has 0 aromatic carbocycles. The molecule has 0 amide bonds. The maximum atomic E-state index is 13.2. The Labute approximate surface area is 219 Å². The molecule has 8 heterocycles. The summed E-state index contributed by atoms with van der Waals surface area (Å²) in [6, 6.07) is 0. The predicted octanol–water partition coefficient (Wildman–Crippen LogP) is 3.49. The summed E-state index contributed by atoms with van der Waals surface area (Å²) in [5, 5.41) is 0. The molecule has 8 aliphatic heterocycles. The van der Waals surface area contributed by atoms with Crippen molar-refractivity contribution in [3.8, 4) is 0 Å². The van der Waals surface area contributed by atoms with Crippen LogP contribution in [0.1, 0.15) is 71.6 Å². The van der Waals surface area contributed by atoms with Gasteiger partial charge in [-0.25, -0.2) is 0 Å². The van der Waals surface area contributed by atoms with Gasteiger partial charge in [-0.15, -0.1) is 0 Å². The summed E-state index contributed by atoms with van der Waals surface area (Å²) >= 11 is 0. The van der Waals surface area contributed by atoms with Crippen LogP contribution in [-0.4, -0.2) is 85.8 Å². The number of ether oxygens (including phenoxy) is 7. The molecule has 8 heteroatoms. The first-order valence-corrected chi connectivity index (χ1v) is 14.7. The molecule has 0 aliphatic carbocycles. The molecule has 0 N–H and O–H groups in total. The molecular weight excluding hydrogens is 476 g/mol. The first kappa shape index (κ1) is 25.1. The summed E-state index contributed by atoms with van der Waals surface area (Å²) in [5.41, 5.74) is 1.17. The van der Waals surface area contributed by atoms with Gasteiger partial charge in [-0.3, -0.25) is 4.79 Å². The van der Waals surface area contributed by atoms with Gasteiger partial charge in [0, 0.05) is 32.3 Å². The number of ketones is 1. The molecule has 11 unspecified atom stereocenters. The van der Waals surface area contributed by atoms with Crippen LogP contribution in [0.3, 0.4) is 0 Å². The number of fused-ring (bicyclic) bond motifs is 1. The first-order chi connectivity index (χ1) is 18.0. The van der Waals surface area contributed by atoms with Gasteiger partial charge in [-0.05, 0) is 49.5 Å². The van der Waals surface area contributed by atoms with Gasteiger partial charge in [0.05, 0.1) is 36.6 Å². The second-order valence-electron chi connectivity index (χ2n) is 12.5. The van der Waals surface area contributed by atoms with Crippen molar-refractivity contribution in [3.63, 3.8) is 0 Å². The highest BCUT2D eigenvalue weighted by atomic mass is 16.8. The van der Waals surface area contributed by atoms with E-state index in [9.17, 15) is 4.79 Å². The number of hydrogen-bond acceptors (Lipinski definition) is 8. The van der Waals surface area contributed by atoms with E-state index in [2.05, 4.69) is 20.4 Å². The highest BCUT2D eigenvalue weighted by Gasteiger charge is 2.64. The fraction of sp³-hybridized carbons (Fsp3) is 0.897. The molecule has 0 spiro atoms. The second-order valence-corrected chi connectivity index (χ2v) is 12.5. The lowest BCUT2D eigenvalue weighted by Crippen LogP contribution is -2.61. The van der Waals surface area contributed by atoms with E-state index in [0.717, 1.165) is 44.9 Å². The third-order valence-electron chi connectivity index (χ3n) is 10.1. The molecule has 0 aromatic rings. The van der Waals surface area contributed by atoms with Gasteiger partial charge in [0.15, 0.2) is 6.29 Å². The van der Waals surface area contributed by atoms with Gasteiger partial charge in [0.2, 0.25) is 0 Å². The lowest BCUT2D eigenvalue weighted by atomic mass is 9.83. The van der Waals surface area contributed by atoms with Crippen molar-refractivity contribution in [2.45, 2.75) is 145 Å². The van der Waals surface area contributed by atoms with Gasteiger partial charge < -0.3 is 33.2 Å². The smallest absolute Gasteiger partial charge is 0.161 e. The Hall–Kier alpha value is -0.870. The third kappa shape index (κ3) is 4.54. The van der Waals surface area contributed by atoms with Crippen LogP contribution in [0.2, 0.25) is 0 Å². The Morgan fingerprint density at radius 2 is 1.59 bits per heavy atom. The van der Waals surface area contributed by atoms with E-state index in [4.69, 9.17) is 33.2 Å². The Morgan fingerprint density at radius 1 is 0.838 bits per heavy atom. The quantitative estimate of drug-likeness (QED) is 0.474. The lowest BCUT2D eigenvalue weighted by molar-refractivity contribution is -0.264. The van der Waals surface area contributed by atoms with Gasteiger partial charge in [-0.2, -0.15) is 0 Å². The molecule has 37 heavy (non-hydrogen) atoms. The average Bonchev–Trinajstić information content (AvgIpc) is 3.50. The Morgan fingerprint density at radius 3 is 2.46 bits per heavy atom. The zero-order valence-corrected chi connectivity index (χ0v) is 22.1. The largest absolute Gasteiger partial charge is 0.378 e. The van der Waals surface area contributed by atoms with Crippen molar-refractivity contribution in [3.05, 3.63) is 12.2 Å².